The van der Waals surface area contributed by atoms with Gasteiger partial charge in [0.15, 0.2) is 0 Å². The number of likely N-dealkylation sites (N-methyl/N-ethyl adjacent to an activating group) is 1. The molecule has 0 spiro atoms. The topological polar surface area (TPSA) is 91.2 Å². The van der Waals surface area contributed by atoms with E-state index in [4.69, 9.17) is 0 Å². The number of hydrogen-bond donors (Lipinski definition) is 2. The lowest BCUT2D eigenvalue weighted by Gasteiger charge is -2.29. The standard InChI is InChI=1S/C19H22N8O.C2H6/c1-25-8-9-27-15(18(25)28)10-13-11-22-19(24-17(13)27)23-16-3-2-14(12-21-16)26-6-4-20-5-7-26;1-2/h2-3,10-12,20H,4-9H2,1H3,(H,21,22,23,24);1-2H3. The predicted octanol–water partition coefficient (Wildman–Crippen LogP) is 2.09. The maximum atomic E-state index is 12.3. The van der Waals surface area contributed by atoms with Crippen LogP contribution in [0, 0.1) is 0 Å². The van der Waals surface area contributed by atoms with Crippen molar-refractivity contribution in [1.82, 2.24) is 29.7 Å². The molecule has 0 atom stereocenters. The molecule has 0 unspecified atom stereocenters. The van der Waals surface area contributed by atoms with Crippen molar-refractivity contribution in [3.05, 3.63) is 36.3 Å². The van der Waals surface area contributed by atoms with Crippen LogP contribution < -0.4 is 15.5 Å². The van der Waals surface area contributed by atoms with E-state index in [0.717, 1.165) is 49.4 Å². The fourth-order valence-electron chi connectivity index (χ4n) is 3.73. The zero-order valence-electron chi connectivity index (χ0n) is 17.7. The second-order valence-corrected chi connectivity index (χ2v) is 7.14. The molecule has 0 bridgehead atoms. The highest BCUT2D eigenvalue weighted by Gasteiger charge is 2.24. The van der Waals surface area contributed by atoms with Crippen molar-refractivity contribution in [2.45, 2.75) is 20.4 Å². The molecule has 2 aliphatic rings. The van der Waals surface area contributed by atoms with E-state index in [0.29, 0.717) is 24.0 Å². The molecule has 30 heavy (non-hydrogen) atoms. The van der Waals surface area contributed by atoms with E-state index >= 15 is 0 Å². The van der Waals surface area contributed by atoms with Crippen LogP contribution in [0.4, 0.5) is 17.5 Å². The zero-order chi connectivity index (χ0) is 21.1. The summed E-state index contributed by atoms with van der Waals surface area (Å²) in [7, 11) is 1.82. The fourth-order valence-corrected chi connectivity index (χ4v) is 3.73. The Morgan fingerprint density at radius 1 is 1.03 bits per heavy atom. The third kappa shape index (κ3) is 3.80. The van der Waals surface area contributed by atoms with Gasteiger partial charge in [-0.15, -0.1) is 0 Å². The number of nitrogens with one attached hydrogen (secondary N) is 2. The van der Waals surface area contributed by atoms with Crippen molar-refractivity contribution in [1.29, 1.82) is 0 Å². The molecule has 3 aromatic rings. The summed E-state index contributed by atoms with van der Waals surface area (Å²) in [5.41, 5.74) is 2.55. The molecule has 5 heterocycles. The maximum absolute atomic E-state index is 12.3. The molecule has 1 amide bonds. The second-order valence-electron chi connectivity index (χ2n) is 7.14. The molecule has 3 aromatic heterocycles. The molecule has 1 fully saturated rings. The number of piperazine rings is 1. The minimum absolute atomic E-state index is 0.0175. The van der Waals surface area contributed by atoms with Gasteiger partial charge < -0.3 is 25.0 Å². The second kappa shape index (κ2) is 8.66. The Morgan fingerprint density at radius 2 is 1.83 bits per heavy atom. The Balaban J connectivity index is 0.00000106. The Hall–Kier alpha value is -3.20. The first-order valence-electron chi connectivity index (χ1n) is 10.5. The molecule has 0 aliphatic carbocycles. The molecule has 9 nitrogen and oxygen atoms in total. The van der Waals surface area contributed by atoms with E-state index in [1.54, 1.807) is 11.1 Å². The minimum atomic E-state index is 0.0175. The van der Waals surface area contributed by atoms with Gasteiger partial charge in [0.25, 0.3) is 5.91 Å². The quantitative estimate of drug-likeness (QED) is 0.686. The van der Waals surface area contributed by atoms with Crippen LogP contribution in [-0.4, -0.2) is 70.1 Å². The lowest BCUT2D eigenvalue weighted by molar-refractivity contribution is 0.0751. The number of nitrogens with zero attached hydrogens (tertiary/aromatic N) is 6. The number of pyridine rings is 1. The van der Waals surface area contributed by atoms with E-state index in [1.807, 2.05) is 43.8 Å². The summed E-state index contributed by atoms with van der Waals surface area (Å²) in [5, 5.41) is 7.39. The molecular weight excluding hydrogens is 380 g/mol. The Morgan fingerprint density at radius 3 is 2.57 bits per heavy atom. The summed E-state index contributed by atoms with van der Waals surface area (Å²) in [5.74, 6) is 1.19. The molecular formula is C21H28N8O. The summed E-state index contributed by atoms with van der Waals surface area (Å²) in [6, 6.07) is 5.86. The van der Waals surface area contributed by atoms with Crippen LogP contribution in [0.15, 0.2) is 30.6 Å². The van der Waals surface area contributed by atoms with Crippen LogP contribution >= 0.6 is 0 Å². The summed E-state index contributed by atoms with van der Waals surface area (Å²) < 4.78 is 1.96. The average Bonchev–Trinajstić information content (AvgIpc) is 3.17. The lowest BCUT2D eigenvalue weighted by atomic mass is 10.3. The van der Waals surface area contributed by atoms with Crippen LogP contribution in [0.5, 0.6) is 0 Å². The minimum Gasteiger partial charge on any atom is -0.368 e. The van der Waals surface area contributed by atoms with Crippen LogP contribution in [0.1, 0.15) is 24.3 Å². The van der Waals surface area contributed by atoms with Crippen LogP contribution in [0.2, 0.25) is 0 Å². The summed E-state index contributed by atoms with van der Waals surface area (Å²) in [6.07, 6.45) is 3.62. The van der Waals surface area contributed by atoms with Gasteiger partial charge in [0.2, 0.25) is 5.95 Å². The van der Waals surface area contributed by atoms with E-state index in [-0.39, 0.29) is 5.91 Å². The first-order valence-corrected chi connectivity index (χ1v) is 10.5. The van der Waals surface area contributed by atoms with Crippen molar-refractivity contribution in [3.8, 4) is 0 Å². The van der Waals surface area contributed by atoms with Crippen LogP contribution in [0.3, 0.4) is 0 Å². The molecule has 158 valence electrons. The molecule has 2 aliphatic heterocycles. The molecule has 0 aromatic carbocycles. The number of anilines is 3. The predicted molar refractivity (Wildman–Crippen MR) is 118 cm³/mol. The first kappa shape index (κ1) is 20.1. The van der Waals surface area contributed by atoms with Gasteiger partial charge in [-0.25, -0.2) is 9.97 Å². The maximum Gasteiger partial charge on any atom is 0.270 e. The van der Waals surface area contributed by atoms with Gasteiger partial charge in [-0.3, -0.25) is 4.79 Å². The van der Waals surface area contributed by atoms with E-state index in [9.17, 15) is 4.79 Å². The lowest BCUT2D eigenvalue weighted by Crippen LogP contribution is -2.43. The molecule has 2 N–H and O–H groups in total. The van der Waals surface area contributed by atoms with Gasteiger partial charge in [0.1, 0.15) is 17.2 Å². The number of carbonyl (C=O) groups is 1. The normalized spacial score (nSPS) is 16.2. The van der Waals surface area contributed by atoms with E-state index in [2.05, 4.69) is 36.6 Å². The number of carbonyl (C=O) groups excluding carboxylic acids is 1. The number of aromatic nitrogens is 4. The highest BCUT2D eigenvalue weighted by Crippen LogP contribution is 2.24. The number of rotatable bonds is 3. The SMILES string of the molecule is CC.CN1CCn2c(cc3cnc(Nc4ccc(N5CCNCC5)cn4)nc32)C1=O. The van der Waals surface area contributed by atoms with Crippen molar-refractivity contribution in [2.24, 2.45) is 0 Å². The number of hydrogen-bond acceptors (Lipinski definition) is 7. The van der Waals surface area contributed by atoms with Crippen LogP contribution in [0.25, 0.3) is 11.0 Å². The van der Waals surface area contributed by atoms with Gasteiger partial charge in [-0.2, -0.15) is 4.98 Å². The molecule has 9 heteroatoms. The molecule has 5 rings (SSSR count). The van der Waals surface area contributed by atoms with Crippen molar-refractivity contribution < 1.29 is 4.79 Å². The monoisotopic (exact) mass is 408 g/mol. The van der Waals surface area contributed by atoms with E-state index in [1.165, 1.54) is 0 Å². The van der Waals surface area contributed by atoms with E-state index < -0.39 is 0 Å². The number of amides is 1. The van der Waals surface area contributed by atoms with Gasteiger partial charge >= 0.3 is 0 Å². The van der Waals surface area contributed by atoms with Crippen molar-refractivity contribution in [3.63, 3.8) is 0 Å². The molecule has 0 saturated carbocycles. The third-order valence-electron chi connectivity index (χ3n) is 5.33. The number of fused-ring (bicyclic) bond motifs is 3. The Labute approximate surface area is 176 Å². The third-order valence-corrected chi connectivity index (χ3v) is 5.33. The molecule has 1 saturated heterocycles. The van der Waals surface area contributed by atoms with Gasteiger partial charge in [0, 0.05) is 57.9 Å². The summed E-state index contributed by atoms with van der Waals surface area (Å²) >= 11 is 0. The van der Waals surface area contributed by atoms with Crippen molar-refractivity contribution in [2.75, 3.05) is 50.0 Å². The Bertz CT molecular complexity index is 1020. The van der Waals surface area contributed by atoms with Gasteiger partial charge in [-0.1, -0.05) is 13.8 Å². The Kier molecular flexibility index (Phi) is 5.80. The van der Waals surface area contributed by atoms with Gasteiger partial charge in [-0.05, 0) is 18.2 Å². The average molecular weight is 409 g/mol. The van der Waals surface area contributed by atoms with Crippen LogP contribution in [-0.2, 0) is 6.54 Å². The fraction of sp³-hybridized carbons (Fsp3) is 0.429. The summed E-state index contributed by atoms with van der Waals surface area (Å²) in [4.78, 5) is 29.9. The highest BCUT2D eigenvalue weighted by molar-refractivity contribution is 5.98. The zero-order valence-corrected chi connectivity index (χ0v) is 17.7. The van der Waals surface area contributed by atoms with Crippen molar-refractivity contribution >= 4 is 34.4 Å². The smallest absolute Gasteiger partial charge is 0.270 e. The van der Waals surface area contributed by atoms with Gasteiger partial charge in [0.05, 0.1) is 11.9 Å². The highest BCUT2D eigenvalue weighted by atomic mass is 16.2. The molecule has 0 radical (unpaired) electrons. The summed E-state index contributed by atoms with van der Waals surface area (Å²) in [6.45, 7) is 9.37. The largest absolute Gasteiger partial charge is 0.368 e. The first-order chi connectivity index (χ1) is 14.7.